The molecule has 2 aromatic rings. The first-order valence-electron chi connectivity index (χ1n) is 8.82. The smallest absolute Gasteiger partial charge is 0.261 e. The first-order valence-corrected chi connectivity index (χ1v) is 9.64. The second-order valence-corrected chi connectivity index (χ2v) is 7.98. The molecule has 0 aliphatic carbocycles. The number of fused-ring (bicyclic) bond motifs is 1. The van der Waals surface area contributed by atoms with Gasteiger partial charge in [-0.2, -0.15) is 0 Å². The Kier molecular flexibility index (Phi) is 5.71. The van der Waals surface area contributed by atoms with Gasteiger partial charge >= 0.3 is 0 Å². The summed E-state index contributed by atoms with van der Waals surface area (Å²) in [5.74, 6) is 0.0833. The van der Waals surface area contributed by atoms with Crippen molar-refractivity contribution in [1.29, 1.82) is 0 Å². The third-order valence-electron chi connectivity index (χ3n) is 4.39. The van der Waals surface area contributed by atoms with E-state index in [0.717, 1.165) is 40.9 Å². The zero-order valence-electron chi connectivity index (χ0n) is 14.7. The minimum absolute atomic E-state index is 0.0113. The second-order valence-electron chi connectivity index (χ2n) is 6.89. The van der Waals surface area contributed by atoms with E-state index >= 15 is 0 Å². The summed E-state index contributed by atoms with van der Waals surface area (Å²) in [5.41, 5.74) is 0. The molecule has 0 unspecified atom stereocenters. The van der Waals surface area contributed by atoms with Crippen molar-refractivity contribution in [3.8, 4) is 0 Å². The van der Waals surface area contributed by atoms with Crippen LogP contribution in [0.2, 0.25) is 0 Å². The molecule has 134 valence electrons. The lowest BCUT2D eigenvalue weighted by Gasteiger charge is -2.31. The van der Waals surface area contributed by atoms with Crippen LogP contribution in [0.1, 0.15) is 36.4 Å². The van der Waals surface area contributed by atoms with E-state index in [2.05, 4.69) is 15.5 Å². The summed E-state index contributed by atoms with van der Waals surface area (Å²) in [6, 6.07) is 10.4. The molecule has 0 saturated carbocycles. The lowest BCUT2D eigenvalue weighted by molar-refractivity contribution is -0.123. The quantitative estimate of drug-likeness (QED) is 0.863. The molecule has 25 heavy (non-hydrogen) atoms. The average molecular weight is 359 g/mol. The minimum Gasteiger partial charge on any atom is -0.353 e. The van der Waals surface area contributed by atoms with Crippen LogP contribution in [-0.2, 0) is 4.79 Å². The Balaban J connectivity index is 1.48. The third-order valence-corrected chi connectivity index (χ3v) is 5.50. The van der Waals surface area contributed by atoms with Gasteiger partial charge in [-0.3, -0.25) is 14.5 Å². The van der Waals surface area contributed by atoms with Gasteiger partial charge in [0.1, 0.15) is 0 Å². The van der Waals surface area contributed by atoms with Crippen molar-refractivity contribution >= 4 is 33.2 Å². The van der Waals surface area contributed by atoms with Crippen LogP contribution in [0.25, 0.3) is 10.1 Å². The van der Waals surface area contributed by atoms with Gasteiger partial charge < -0.3 is 10.6 Å². The van der Waals surface area contributed by atoms with E-state index in [1.807, 2.05) is 44.2 Å². The van der Waals surface area contributed by atoms with Gasteiger partial charge in [0.2, 0.25) is 5.91 Å². The maximum atomic E-state index is 12.5. The fourth-order valence-corrected chi connectivity index (χ4v) is 4.12. The van der Waals surface area contributed by atoms with Gasteiger partial charge in [0.05, 0.1) is 11.4 Å². The highest BCUT2D eigenvalue weighted by Crippen LogP contribution is 2.25. The molecule has 1 aliphatic heterocycles. The molecule has 0 radical (unpaired) electrons. The average Bonchev–Trinajstić information content (AvgIpc) is 3.00. The topological polar surface area (TPSA) is 61.4 Å². The summed E-state index contributed by atoms with van der Waals surface area (Å²) in [4.78, 5) is 27.2. The number of amides is 2. The van der Waals surface area contributed by atoms with E-state index in [1.165, 1.54) is 11.3 Å². The highest BCUT2D eigenvalue weighted by atomic mass is 32.1. The number of nitrogens with zero attached hydrogens (tertiary/aromatic N) is 1. The van der Waals surface area contributed by atoms with E-state index < -0.39 is 0 Å². The molecule has 0 spiro atoms. The SMILES string of the molecule is CC(C)NC(=O)CN1CCC(NC(=O)c2cc3ccccc3s2)CC1. The zero-order chi connectivity index (χ0) is 17.8. The molecule has 1 aromatic carbocycles. The van der Waals surface area contributed by atoms with E-state index in [-0.39, 0.29) is 23.9 Å². The Morgan fingerprint density at radius 2 is 1.96 bits per heavy atom. The Bertz CT molecular complexity index is 715. The first-order chi connectivity index (χ1) is 12.0. The molecule has 3 rings (SSSR count). The normalized spacial score (nSPS) is 16.3. The lowest BCUT2D eigenvalue weighted by atomic mass is 10.0. The molecule has 2 heterocycles. The summed E-state index contributed by atoms with van der Waals surface area (Å²) in [7, 11) is 0. The Hall–Kier alpha value is -1.92. The number of rotatable bonds is 5. The van der Waals surface area contributed by atoms with E-state index in [0.29, 0.717) is 6.54 Å². The fraction of sp³-hybridized carbons (Fsp3) is 0.474. The number of likely N-dealkylation sites (tertiary alicyclic amines) is 1. The second kappa shape index (κ2) is 7.97. The number of hydrogen-bond acceptors (Lipinski definition) is 4. The zero-order valence-corrected chi connectivity index (χ0v) is 15.6. The molecule has 1 saturated heterocycles. The Morgan fingerprint density at radius 1 is 1.24 bits per heavy atom. The van der Waals surface area contributed by atoms with Crippen molar-refractivity contribution in [1.82, 2.24) is 15.5 Å². The van der Waals surface area contributed by atoms with Crippen LogP contribution in [0.3, 0.4) is 0 Å². The number of thiophene rings is 1. The number of piperidine rings is 1. The summed E-state index contributed by atoms with van der Waals surface area (Å²) in [5, 5.41) is 7.18. The van der Waals surface area contributed by atoms with Gasteiger partial charge in [-0.15, -0.1) is 11.3 Å². The molecule has 1 fully saturated rings. The van der Waals surface area contributed by atoms with Crippen LogP contribution in [-0.4, -0.2) is 48.4 Å². The monoisotopic (exact) mass is 359 g/mol. The van der Waals surface area contributed by atoms with Gasteiger partial charge in [0, 0.05) is 29.9 Å². The molecule has 5 nitrogen and oxygen atoms in total. The first kappa shape index (κ1) is 17.9. The van der Waals surface area contributed by atoms with E-state index in [4.69, 9.17) is 0 Å². The predicted octanol–water partition coefficient (Wildman–Crippen LogP) is 2.62. The largest absolute Gasteiger partial charge is 0.353 e. The Morgan fingerprint density at radius 3 is 2.64 bits per heavy atom. The van der Waals surface area contributed by atoms with Crippen LogP contribution >= 0.6 is 11.3 Å². The lowest BCUT2D eigenvalue weighted by Crippen LogP contribution is -2.48. The molecule has 2 amide bonds. The summed E-state index contributed by atoms with van der Waals surface area (Å²) in [6.07, 6.45) is 1.76. The molecule has 1 aliphatic rings. The van der Waals surface area contributed by atoms with Crippen molar-refractivity contribution in [2.24, 2.45) is 0 Å². The maximum Gasteiger partial charge on any atom is 0.261 e. The molecular weight excluding hydrogens is 334 g/mol. The Labute approximate surface area is 152 Å². The highest BCUT2D eigenvalue weighted by molar-refractivity contribution is 7.20. The van der Waals surface area contributed by atoms with Crippen molar-refractivity contribution in [3.63, 3.8) is 0 Å². The number of benzene rings is 1. The number of hydrogen-bond donors (Lipinski definition) is 2. The van der Waals surface area contributed by atoms with Crippen LogP contribution in [0.5, 0.6) is 0 Å². The summed E-state index contributed by atoms with van der Waals surface area (Å²) < 4.78 is 1.14. The van der Waals surface area contributed by atoms with Gasteiger partial charge in [-0.1, -0.05) is 18.2 Å². The third kappa shape index (κ3) is 4.80. The van der Waals surface area contributed by atoms with Crippen molar-refractivity contribution in [3.05, 3.63) is 35.2 Å². The van der Waals surface area contributed by atoms with Gasteiger partial charge in [-0.05, 0) is 44.2 Å². The molecule has 0 bridgehead atoms. The van der Waals surface area contributed by atoms with Crippen LogP contribution in [0.4, 0.5) is 0 Å². The van der Waals surface area contributed by atoms with Gasteiger partial charge in [0.15, 0.2) is 0 Å². The predicted molar refractivity (Wildman–Crippen MR) is 102 cm³/mol. The number of nitrogens with one attached hydrogen (secondary N) is 2. The van der Waals surface area contributed by atoms with Crippen LogP contribution in [0.15, 0.2) is 30.3 Å². The van der Waals surface area contributed by atoms with Crippen molar-refractivity contribution in [2.45, 2.75) is 38.8 Å². The number of carbonyl (C=O) groups is 2. The maximum absolute atomic E-state index is 12.5. The van der Waals surface area contributed by atoms with Crippen LogP contribution in [0, 0.1) is 0 Å². The summed E-state index contributed by atoms with van der Waals surface area (Å²) >= 11 is 1.53. The standard InChI is InChI=1S/C19H25N3O2S/c1-13(2)20-18(23)12-22-9-7-15(8-10-22)21-19(24)17-11-14-5-3-4-6-16(14)25-17/h3-6,11,13,15H,7-10,12H2,1-2H3,(H,20,23)(H,21,24). The van der Waals surface area contributed by atoms with Gasteiger partial charge in [-0.25, -0.2) is 0 Å². The van der Waals surface area contributed by atoms with Gasteiger partial charge in [0.25, 0.3) is 5.91 Å². The number of carbonyl (C=O) groups excluding carboxylic acids is 2. The van der Waals surface area contributed by atoms with Crippen molar-refractivity contribution in [2.75, 3.05) is 19.6 Å². The molecule has 0 atom stereocenters. The summed E-state index contributed by atoms with van der Waals surface area (Å²) in [6.45, 7) is 6.04. The molecular formula is C19H25N3O2S. The molecule has 6 heteroatoms. The van der Waals surface area contributed by atoms with Crippen LogP contribution < -0.4 is 10.6 Å². The van der Waals surface area contributed by atoms with E-state index in [9.17, 15) is 9.59 Å². The van der Waals surface area contributed by atoms with E-state index in [1.54, 1.807) is 0 Å². The van der Waals surface area contributed by atoms with Crippen molar-refractivity contribution < 1.29 is 9.59 Å². The molecule has 2 N–H and O–H groups in total. The molecule has 1 aromatic heterocycles. The minimum atomic E-state index is 0.0113. The fourth-order valence-electron chi connectivity index (χ4n) is 3.16. The highest BCUT2D eigenvalue weighted by Gasteiger charge is 2.23.